The normalized spacial score (nSPS) is 12.4. The number of benzene rings is 1. The summed E-state index contributed by atoms with van der Waals surface area (Å²) in [6.07, 6.45) is 1.85. The van der Waals surface area contributed by atoms with Crippen LogP contribution in [-0.4, -0.2) is 35.7 Å². The molecule has 1 N–H and O–H groups in total. The summed E-state index contributed by atoms with van der Waals surface area (Å²) in [7, 11) is 0. The van der Waals surface area contributed by atoms with Crippen molar-refractivity contribution in [3.63, 3.8) is 0 Å². The molecule has 8 heteroatoms. The van der Waals surface area contributed by atoms with Gasteiger partial charge in [-0.15, -0.1) is 20.4 Å². The fourth-order valence-corrected chi connectivity index (χ4v) is 2.46. The Hall–Kier alpha value is -3.42. The van der Waals surface area contributed by atoms with E-state index < -0.39 is 5.91 Å². The van der Waals surface area contributed by atoms with Crippen molar-refractivity contribution in [2.45, 2.75) is 13.0 Å². The van der Waals surface area contributed by atoms with Gasteiger partial charge in [-0.1, -0.05) is 18.2 Å². The summed E-state index contributed by atoms with van der Waals surface area (Å²) in [5.74, 6) is 0.246. The van der Waals surface area contributed by atoms with E-state index in [2.05, 4.69) is 30.7 Å². The summed E-state index contributed by atoms with van der Waals surface area (Å²) >= 11 is 0. The number of fused-ring (bicyclic) bond motifs is 2. The molecule has 1 atom stereocenters. The first-order chi connectivity index (χ1) is 11.7. The number of carbonyl (C=O) groups excluding carboxylic acids is 1. The standard InChI is InChI=1S/C16H13N7O/c1-10(15-22-20-13-8-4-5-9-23(13)15)17-16(24)14-18-11-6-2-3-7-12(11)19-21-14/h2-10H,1H3,(H,17,24)/t10-/m0/s1. The topological polar surface area (TPSA) is 98.0 Å². The zero-order valence-electron chi connectivity index (χ0n) is 12.8. The Labute approximate surface area is 136 Å². The van der Waals surface area contributed by atoms with Gasteiger partial charge in [0.05, 0.1) is 11.6 Å². The molecular weight excluding hydrogens is 306 g/mol. The van der Waals surface area contributed by atoms with Gasteiger partial charge in [0.25, 0.3) is 5.91 Å². The van der Waals surface area contributed by atoms with E-state index in [1.807, 2.05) is 47.9 Å². The number of aromatic nitrogens is 6. The van der Waals surface area contributed by atoms with Crippen LogP contribution in [-0.2, 0) is 0 Å². The molecule has 4 rings (SSSR count). The monoisotopic (exact) mass is 319 g/mol. The van der Waals surface area contributed by atoms with E-state index >= 15 is 0 Å². The third-order valence-corrected chi connectivity index (χ3v) is 3.64. The van der Waals surface area contributed by atoms with Crippen LogP contribution in [0.4, 0.5) is 0 Å². The van der Waals surface area contributed by atoms with Crippen LogP contribution >= 0.6 is 0 Å². The molecule has 1 amide bonds. The number of nitrogens with zero attached hydrogens (tertiary/aromatic N) is 6. The van der Waals surface area contributed by atoms with E-state index in [1.54, 1.807) is 12.1 Å². The van der Waals surface area contributed by atoms with Crippen molar-refractivity contribution >= 4 is 22.6 Å². The van der Waals surface area contributed by atoms with Crippen molar-refractivity contribution in [1.82, 2.24) is 35.1 Å². The van der Waals surface area contributed by atoms with E-state index in [0.717, 1.165) is 5.65 Å². The van der Waals surface area contributed by atoms with E-state index in [0.29, 0.717) is 16.9 Å². The zero-order chi connectivity index (χ0) is 16.5. The molecule has 0 bridgehead atoms. The van der Waals surface area contributed by atoms with Gasteiger partial charge in [0.15, 0.2) is 11.5 Å². The molecule has 0 aliphatic carbocycles. The predicted molar refractivity (Wildman–Crippen MR) is 86.2 cm³/mol. The molecule has 0 aliphatic rings. The second kappa shape index (κ2) is 5.65. The summed E-state index contributed by atoms with van der Waals surface area (Å²) in [4.78, 5) is 16.6. The van der Waals surface area contributed by atoms with E-state index in [4.69, 9.17) is 0 Å². The van der Waals surface area contributed by atoms with Gasteiger partial charge >= 0.3 is 0 Å². The predicted octanol–water partition coefficient (Wildman–Crippen LogP) is 1.56. The lowest BCUT2D eigenvalue weighted by molar-refractivity contribution is 0.0927. The minimum Gasteiger partial charge on any atom is -0.339 e. The fourth-order valence-electron chi connectivity index (χ4n) is 2.46. The number of rotatable bonds is 3. The zero-order valence-corrected chi connectivity index (χ0v) is 12.8. The van der Waals surface area contributed by atoms with Crippen LogP contribution in [0.5, 0.6) is 0 Å². The SMILES string of the molecule is C[C@H](NC(=O)c1nnc2ccccc2n1)c1nnc2ccccn12. The largest absolute Gasteiger partial charge is 0.339 e. The molecule has 1 aromatic carbocycles. The second-order valence-electron chi connectivity index (χ2n) is 5.31. The Bertz CT molecular complexity index is 1040. The third kappa shape index (κ3) is 2.43. The Morgan fingerprint density at radius 2 is 1.79 bits per heavy atom. The lowest BCUT2D eigenvalue weighted by atomic mass is 10.3. The number of hydrogen-bond donors (Lipinski definition) is 1. The highest BCUT2D eigenvalue weighted by atomic mass is 16.2. The molecule has 24 heavy (non-hydrogen) atoms. The second-order valence-corrected chi connectivity index (χ2v) is 5.31. The van der Waals surface area contributed by atoms with Crippen LogP contribution in [0.2, 0.25) is 0 Å². The first kappa shape index (κ1) is 14.2. The maximum Gasteiger partial charge on any atom is 0.291 e. The van der Waals surface area contributed by atoms with Crippen molar-refractivity contribution < 1.29 is 4.79 Å². The number of para-hydroxylation sites is 1. The minimum atomic E-state index is -0.409. The van der Waals surface area contributed by atoms with Crippen LogP contribution in [0.1, 0.15) is 29.4 Å². The number of carbonyl (C=O) groups is 1. The summed E-state index contributed by atoms with van der Waals surface area (Å²) in [5.41, 5.74) is 1.99. The van der Waals surface area contributed by atoms with Crippen molar-refractivity contribution in [2.24, 2.45) is 0 Å². The number of amides is 1. The molecule has 0 saturated carbocycles. The van der Waals surface area contributed by atoms with Crippen molar-refractivity contribution in [1.29, 1.82) is 0 Å². The molecule has 3 heterocycles. The molecule has 0 spiro atoms. The average Bonchev–Trinajstić information content (AvgIpc) is 3.05. The van der Waals surface area contributed by atoms with E-state index in [-0.39, 0.29) is 11.9 Å². The van der Waals surface area contributed by atoms with Gasteiger partial charge in [-0.3, -0.25) is 9.20 Å². The van der Waals surface area contributed by atoms with Gasteiger partial charge in [-0.25, -0.2) is 4.98 Å². The summed E-state index contributed by atoms with van der Waals surface area (Å²) in [6.45, 7) is 1.83. The summed E-state index contributed by atoms with van der Waals surface area (Å²) in [6, 6.07) is 12.5. The van der Waals surface area contributed by atoms with Crippen LogP contribution in [0.25, 0.3) is 16.7 Å². The first-order valence-corrected chi connectivity index (χ1v) is 7.42. The van der Waals surface area contributed by atoms with Gasteiger partial charge in [-0.2, -0.15) is 0 Å². The Morgan fingerprint density at radius 1 is 1.00 bits per heavy atom. The molecule has 3 aromatic heterocycles. The van der Waals surface area contributed by atoms with Crippen molar-refractivity contribution in [2.75, 3.05) is 0 Å². The lowest BCUT2D eigenvalue weighted by Crippen LogP contribution is -2.29. The third-order valence-electron chi connectivity index (χ3n) is 3.64. The van der Waals surface area contributed by atoms with Gasteiger partial charge in [0.2, 0.25) is 5.82 Å². The van der Waals surface area contributed by atoms with Crippen LogP contribution in [0.3, 0.4) is 0 Å². The summed E-state index contributed by atoms with van der Waals surface area (Å²) in [5, 5.41) is 18.9. The molecular formula is C16H13N7O. The molecule has 0 saturated heterocycles. The molecule has 0 radical (unpaired) electrons. The van der Waals surface area contributed by atoms with Crippen molar-refractivity contribution in [3.8, 4) is 0 Å². The van der Waals surface area contributed by atoms with Crippen LogP contribution in [0, 0.1) is 0 Å². The average molecular weight is 319 g/mol. The maximum absolute atomic E-state index is 12.4. The molecule has 118 valence electrons. The first-order valence-electron chi connectivity index (χ1n) is 7.42. The van der Waals surface area contributed by atoms with Crippen LogP contribution in [0.15, 0.2) is 48.7 Å². The maximum atomic E-state index is 12.4. The van der Waals surface area contributed by atoms with Gasteiger partial charge in [-0.05, 0) is 31.2 Å². The van der Waals surface area contributed by atoms with E-state index in [9.17, 15) is 4.79 Å². The van der Waals surface area contributed by atoms with Crippen LogP contribution < -0.4 is 5.32 Å². The van der Waals surface area contributed by atoms with Crippen molar-refractivity contribution in [3.05, 3.63) is 60.3 Å². The molecule has 0 fully saturated rings. The Morgan fingerprint density at radius 3 is 2.67 bits per heavy atom. The molecule has 0 aliphatic heterocycles. The molecule has 0 unspecified atom stereocenters. The lowest BCUT2D eigenvalue weighted by Gasteiger charge is -2.11. The van der Waals surface area contributed by atoms with E-state index in [1.165, 1.54) is 0 Å². The van der Waals surface area contributed by atoms with Gasteiger partial charge in [0.1, 0.15) is 5.52 Å². The Kier molecular flexibility index (Phi) is 3.34. The summed E-state index contributed by atoms with van der Waals surface area (Å²) < 4.78 is 1.82. The minimum absolute atomic E-state index is 0.0226. The quantitative estimate of drug-likeness (QED) is 0.615. The highest BCUT2D eigenvalue weighted by molar-refractivity contribution is 5.92. The smallest absolute Gasteiger partial charge is 0.291 e. The number of pyridine rings is 1. The highest BCUT2D eigenvalue weighted by Crippen LogP contribution is 2.12. The Balaban J connectivity index is 1.60. The fraction of sp³-hybridized carbons (Fsp3) is 0.125. The number of nitrogens with one attached hydrogen (secondary N) is 1. The molecule has 8 nitrogen and oxygen atoms in total. The van der Waals surface area contributed by atoms with Gasteiger partial charge < -0.3 is 5.32 Å². The highest BCUT2D eigenvalue weighted by Gasteiger charge is 2.18. The molecule has 4 aromatic rings. The van der Waals surface area contributed by atoms with Gasteiger partial charge in [0, 0.05) is 6.20 Å². The number of hydrogen-bond acceptors (Lipinski definition) is 6.